The van der Waals surface area contributed by atoms with Crippen LogP contribution in [0.4, 0.5) is 0 Å². The van der Waals surface area contributed by atoms with Crippen LogP contribution in [-0.4, -0.2) is 59.2 Å². The Morgan fingerprint density at radius 3 is 2.50 bits per heavy atom. The molecule has 1 fully saturated rings. The lowest BCUT2D eigenvalue weighted by Gasteiger charge is -2.41. The quantitative estimate of drug-likeness (QED) is 0.624. The van der Waals surface area contributed by atoms with Crippen molar-refractivity contribution in [3.8, 4) is 0 Å². The highest BCUT2D eigenvalue weighted by Crippen LogP contribution is 2.25. The fourth-order valence-electron chi connectivity index (χ4n) is 2.37. The molecule has 1 aliphatic rings. The molecular weight excluding hydrogens is 288 g/mol. The predicted molar refractivity (Wildman–Crippen MR) is 78.9 cm³/mol. The van der Waals surface area contributed by atoms with E-state index in [1.54, 1.807) is 0 Å². The summed E-state index contributed by atoms with van der Waals surface area (Å²) in [6.07, 6.45) is -3.45. The molecule has 1 heterocycles. The Labute approximate surface area is 129 Å². The van der Waals surface area contributed by atoms with Gasteiger partial charge in [-0.05, 0) is 5.56 Å². The van der Waals surface area contributed by atoms with Crippen LogP contribution >= 0.6 is 0 Å². The second-order valence-corrected chi connectivity index (χ2v) is 5.09. The summed E-state index contributed by atoms with van der Waals surface area (Å²) >= 11 is 0. The van der Waals surface area contributed by atoms with Crippen LogP contribution in [0.15, 0.2) is 43.0 Å². The van der Waals surface area contributed by atoms with Crippen LogP contribution in [0.5, 0.6) is 0 Å². The van der Waals surface area contributed by atoms with Crippen molar-refractivity contribution in [2.24, 2.45) is 0 Å². The Morgan fingerprint density at radius 1 is 1.14 bits per heavy atom. The largest absolute Gasteiger partial charge is 0.394 e. The summed E-state index contributed by atoms with van der Waals surface area (Å²) in [5, 5.41) is 29.5. The van der Waals surface area contributed by atoms with Gasteiger partial charge in [-0.1, -0.05) is 36.4 Å². The number of rotatable bonds is 7. The minimum absolute atomic E-state index is 0.192. The van der Waals surface area contributed by atoms with Gasteiger partial charge in [0.15, 0.2) is 6.29 Å². The van der Waals surface area contributed by atoms with E-state index < -0.39 is 37.3 Å². The highest BCUT2D eigenvalue weighted by molar-refractivity contribution is 5.13. The standard InChI is InChI=1S/C16H22O6/c1-2-8-20-14-13(18)12(9-17)22-16(19)15(14)21-10-11-6-4-3-5-7-11/h2-7,12-19H,1,8-10H2/t12-,13+,14-,15+,16-/m1/s1. The highest BCUT2D eigenvalue weighted by Gasteiger charge is 2.45. The van der Waals surface area contributed by atoms with E-state index in [1.165, 1.54) is 6.08 Å². The summed E-state index contributed by atoms with van der Waals surface area (Å²) < 4.78 is 16.4. The van der Waals surface area contributed by atoms with Gasteiger partial charge >= 0.3 is 0 Å². The Kier molecular flexibility index (Phi) is 6.50. The first kappa shape index (κ1) is 17.1. The summed E-state index contributed by atoms with van der Waals surface area (Å²) in [7, 11) is 0. The van der Waals surface area contributed by atoms with Gasteiger partial charge in [0.2, 0.25) is 0 Å². The van der Waals surface area contributed by atoms with Crippen LogP contribution in [0.3, 0.4) is 0 Å². The summed E-state index contributed by atoms with van der Waals surface area (Å²) in [6.45, 7) is 3.58. The van der Waals surface area contributed by atoms with Gasteiger partial charge in [-0.3, -0.25) is 0 Å². The van der Waals surface area contributed by atoms with E-state index in [1.807, 2.05) is 30.3 Å². The average Bonchev–Trinajstić information content (AvgIpc) is 2.55. The van der Waals surface area contributed by atoms with Gasteiger partial charge in [-0.2, -0.15) is 0 Å². The third-order valence-corrected chi connectivity index (χ3v) is 3.51. The normalized spacial score (nSPS) is 31.9. The lowest BCUT2D eigenvalue weighted by molar-refractivity contribution is -0.304. The summed E-state index contributed by atoms with van der Waals surface area (Å²) in [6, 6.07) is 9.45. The van der Waals surface area contributed by atoms with Gasteiger partial charge in [-0.15, -0.1) is 6.58 Å². The number of hydrogen-bond donors (Lipinski definition) is 3. The molecule has 0 bridgehead atoms. The van der Waals surface area contributed by atoms with Gasteiger partial charge in [0.05, 0.1) is 19.8 Å². The molecule has 0 aromatic heterocycles. The van der Waals surface area contributed by atoms with Gasteiger partial charge in [0, 0.05) is 0 Å². The van der Waals surface area contributed by atoms with Crippen molar-refractivity contribution in [3.63, 3.8) is 0 Å². The number of hydrogen-bond acceptors (Lipinski definition) is 6. The minimum Gasteiger partial charge on any atom is -0.394 e. The van der Waals surface area contributed by atoms with Gasteiger partial charge in [0.1, 0.15) is 24.4 Å². The van der Waals surface area contributed by atoms with Crippen molar-refractivity contribution < 1.29 is 29.5 Å². The lowest BCUT2D eigenvalue weighted by atomic mass is 9.98. The highest BCUT2D eigenvalue weighted by atomic mass is 16.7. The molecule has 1 aliphatic heterocycles. The van der Waals surface area contributed by atoms with Crippen molar-refractivity contribution in [2.45, 2.75) is 37.3 Å². The zero-order chi connectivity index (χ0) is 15.9. The maximum Gasteiger partial charge on any atom is 0.184 e. The van der Waals surface area contributed by atoms with Crippen molar-refractivity contribution in [3.05, 3.63) is 48.6 Å². The third kappa shape index (κ3) is 4.13. The molecule has 1 saturated heterocycles. The van der Waals surface area contributed by atoms with Gasteiger partial charge in [0.25, 0.3) is 0 Å². The van der Waals surface area contributed by atoms with Crippen molar-refractivity contribution in [1.82, 2.24) is 0 Å². The fourth-order valence-corrected chi connectivity index (χ4v) is 2.37. The number of ether oxygens (including phenoxy) is 3. The minimum atomic E-state index is -1.29. The molecule has 0 amide bonds. The van der Waals surface area contributed by atoms with Crippen LogP contribution in [0.1, 0.15) is 5.56 Å². The van der Waals surface area contributed by atoms with E-state index in [-0.39, 0.29) is 13.2 Å². The SMILES string of the molecule is C=CCO[C@@H]1[C@@H](O)[C@@H](CO)O[C@@H](O)[C@H]1OCc1ccccc1. The van der Waals surface area contributed by atoms with Crippen molar-refractivity contribution in [1.29, 1.82) is 0 Å². The second kappa shape index (κ2) is 8.38. The predicted octanol–water partition coefficient (Wildman–Crippen LogP) is 0.213. The molecule has 0 unspecified atom stereocenters. The number of benzene rings is 1. The van der Waals surface area contributed by atoms with E-state index in [9.17, 15) is 15.3 Å². The zero-order valence-corrected chi connectivity index (χ0v) is 12.2. The Hall–Kier alpha value is -1.28. The maximum atomic E-state index is 10.2. The molecule has 122 valence electrons. The Bertz CT molecular complexity index is 451. The topological polar surface area (TPSA) is 88.4 Å². The Morgan fingerprint density at radius 2 is 1.86 bits per heavy atom. The summed E-state index contributed by atoms with van der Waals surface area (Å²) in [5.41, 5.74) is 0.927. The van der Waals surface area contributed by atoms with Crippen LogP contribution in [0, 0.1) is 0 Å². The molecule has 5 atom stereocenters. The fraction of sp³-hybridized carbons (Fsp3) is 0.500. The number of aliphatic hydroxyl groups excluding tert-OH is 3. The molecule has 1 aromatic carbocycles. The van der Waals surface area contributed by atoms with Crippen LogP contribution in [0.25, 0.3) is 0 Å². The molecule has 3 N–H and O–H groups in total. The molecule has 22 heavy (non-hydrogen) atoms. The van der Waals surface area contributed by atoms with Crippen molar-refractivity contribution >= 4 is 0 Å². The Balaban J connectivity index is 2.05. The molecule has 2 rings (SSSR count). The lowest BCUT2D eigenvalue weighted by Crippen LogP contribution is -2.60. The average molecular weight is 310 g/mol. The molecule has 6 nitrogen and oxygen atoms in total. The van der Waals surface area contributed by atoms with Crippen LogP contribution in [0.2, 0.25) is 0 Å². The van der Waals surface area contributed by atoms with Crippen LogP contribution < -0.4 is 0 Å². The molecular formula is C16H22O6. The van der Waals surface area contributed by atoms with E-state index in [0.29, 0.717) is 0 Å². The molecule has 0 saturated carbocycles. The van der Waals surface area contributed by atoms with Crippen LogP contribution in [-0.2, 0) is 20.8 Å². The zero-order valence-electron chi connectivity index (χ0n) is 12.2. The molecule has 6 heteroatoms. The molecule has 1 aromatic rings. The smallest absolute Gasteiger partial charge is 0.184 e. The first-order valence-corrected chi connectivity index (χ1v) is 7.18. The van der Waals surface area contributed by atoms with Gasteiger partial charge < -0.3 is 29.5 Å². The summed E-state index contributed by atoms with van der Waals surface area (Å²) in [4.78, 5) is 0. The molecule has 0 spiro atoms. The monoisotopic (exact) mass is 310 g/mol. The first-order valence-electron chi connectivity index (χ1n) is 7.18. The van der Waals surface area contributed by atoms with E-state index in [4.69, 9.17) is 14.2 Å². The first-order chi connectivity index (χ1) is 10.7. The third-order valence-electron chi connectivity index (χ3n) is 3.51. The molecule has 0 radical (unpaired) electrons. The maximum absolute atomic E-state index is 10.2. The summed E-state index contributed by atoms with van der Waals surface area (Å²) in [5.74, 6) is 0. The van der Waals surface area contributed by atoms with E-state index >= 15 is 0 Å². The number of aliphatic hydroxyl groups is 3. The van der Waals surface area contributed by atoms with Crippen molar-refractivity contribution in [2.75, 3.05) is 13.2 Å². The van der Waals surface area contributed by atoms with E-state index in [0.717, 1.165) is 5.56 Å². The second-order valence-electron chi connectivity index (χ2n) is 5.09. The van der Waals surface area contributed by atoms with Gasteiger partial charge in [-0.25, -0.2) is 0 Å². The molecule has 0 aliphatic carbocycles. The van der Waals surface area contributed by atoms with E-state index in [2.05, 4.69) is 6.58 Å².